The fourth-order valence-corrected chi connectivity index (χ4v) is 3.87. The van der Waals surface area contributed by atoms with Crippen molar-refractivity contribution < 1.29 is 27.6 Å². The fourth-order valence-electron chi connectivity index (χ4n) is 2.33. The molecule has 1 aromatic heterocycles. The van der Waals surface area contributed by atoms with E-state index >= 15 is 0 Å². The van der Waals surface area contributed by atoms with E-state index in [2.05, 4.69) is 10.9 Å². The van der Waals surface area contributed by atoms with E-state index in [0.29, 0.717) is 9.77 Å². The minimum Gasteiger partial charge on any atom is -0.301 e. The van der Waals surface area contributed by atoms with Gasteiger partial charge in [-0.3, -0.25) is 25.2 Å². The van der Waals surface area contributed by atoms with Crippen molar-refractivity contribution in [2.75, 3.05) is 17.2 Å². The maximum atomic E-state index is 13.0. The predicted molar refractivity (Wildman–Crippen MR) is 94.4 cm³/mol. The van der Waals surface area contributed by atoms with E-state index in [4.69, 9.17) is 0 Å². The highest BCUT2D eigenvalue weighted by Gasteiger charge is 2.34. The Morgan fingerprint density at radius 2 is 1.96 bits per heavy atom. The van der Waals surface area contributed by atoms with Gasteiger partial charge in [0.2, 0.25) is 5.91 Å². The summed E-state index contributed by atoms with van der Waals surface area (Å²) in [6.45, 7) is -0.515. The summed E-state index contributed by atoms with van der Waals surface area (Å²) in [6, 6.07) is 6.28. The molecule has 0 fully saturated rings. The number of anilines is 1. The molecule has 1 aliphatic rings. The van der Waals surface area contributed by atoms with Crippen LogP contribution in [0.1, 0.15) is 15.2 Å². The molecule has 0 saturated heterocycles. The first-order valence-electron chi connectivity index (χ1n) is 7.53. The number of amides is 3. The molecule has 1 aromatic carbocycles. The average Bonchev–Trinajstić information content (AvgIpc) is 3.15. The summed E-state index contributed by atoms with van der Waals surface area (Å²) in [5, 5.41) is 1.69. The summed E-state index contributed by atoms with van der Waals surface area (Å²) in [4.78, 5) is 37.8. The lowest BCUT2D eigenvalue weighted by Crippen LogP contribution is -2.48. The van der Waals surface area contributed by atoms with Crippen molar-refractivity contribution in [1.82, 2.24) is 10.9 Å². The van der Waals surface area contributed by atoms with Gasteiger partial charge in [0.05, 0.1) is 21.9 Å². The van der Waals surface area contributed by atoms with Crippen molar-refractivity contribution in [3.8, 4) is 0 Å². The van der Waals surface area contributed by atoms with E-state index in [1.807, 2.05) is 0 Å². The lowest BCUT2D eigenvalue weighted by atomic mass is 10.1. The highest BCUT2D eigenvalue weighted by molar-refractivity contribution is 8.00. The zero-order valence-electron chi connectivity index (χ0n) is 13.5. The van der Waals surface area contributed by atoms with Crippen LogP contribution in [0.4, 0.5) is 18.9 Å². The Kier molecular flexibility index (Phi) is 5.42. The molecule has 0 spiro atoms. The second-order valence-electron chi connectivity index (χ2n) is 5.43. The van der Waals surface area contributed by atoms with Crippen LogP contribution in [0.25, 0.3) is 0 Å². The molecule has 142 valence electrons. The average molecular weight is 415 g/mol. The molecule has 27 heavy (non-hydrogen) atoms. The summed E-state index contributed by atoms with van der Waals surface area (Å²) in [7, 11) is 0. The topological polar surface area (TPSA) is 78.5 Å². The molecule has 3 rings (SSSR count). The predicted octanol–water partition coefficient (Wildman–Crippen LogP) is 2.67. The van der Waals surface area contributed by atoms with Crippen LogP contribution >= 0.6 is 23.1 Å². The number of halogens is 3. The van der Waals surface area contributed by atoms with Gasteiger partial charge in [0.1, 0.15) is 6.54 Å². The van der Waals surface area contributed by atoms with Crippen LogP contribution in [0.2, 0.25) is 0 Å². The van der Waals surface area contributed by atoms with Crippen LogP contribution in [0.5, 0.6) is 0 Å². The molecule has 11 heteroatoms. The molecule has 2 heterocycles. The van der Waals surface area contributed by atoms with E-state index in [0.717, 1.165) is 28.8 Å². The summed E-state index contributed by atoms with van der Waals surface area (Å²) in [5.41, 5.74) is 3.47. The third-order valence-corrected chi connectivity index (χ3v) is 5.51. The number of benzene rings is 1. The largest absolute Gasteiger partial charge is 0.416 e. The highest BCUT2D eigenvalue weighted by atomic mass is 32.2. The number of rotatable bonds is 3. The molecule has 0 radical (unpaired) electrons. The van der Waals surface area contributed by atoms with E-state index < -0.39 is 36.0 Å². The minimum atomic E-state index is -4.57. The van der Waals surface area contributed by atoms with Crippen LogP contribution in [0, 0.1) is 0 Å². The minimum absolute atomic E-state index is 0.00714. The van der Waals surface area contributed by atoms with Gasteiger partial charge >= 0.3 is 6.18 Å². The maximum Gasteiger partial charge on any atom is 0.416 e. The van der Waals surface area contributed by atoms with Gasteiger partial charge in [0, 0.05) is 4.90 Å². The Morgan fingerprint density at radius 1 is 1.19 bits per heavy atom. The summed E-state index contributed by atoms with van der Waals surface area (Å²) in [5.74, 6) is -1.75. The number of hydrogen-bond donors (Lipinski definition) is 2. The second kappa shape index (κ2) is 7.61. The number of hydrogen-bond acceptors (Lipinski definition) is 5. The molecule has 0 aliphatic carbocycles. The number of thiophene rings is 1. The number of fused-ring (bicyclic) bond motifs is 1. The quantitative estimate of drug-likeness (QED) is 0.756. The van der Waals surface area contributed by atoms with Crippen molar-refractivity contribution in [2.24, 2.45) is 0 Å². The monoisotopic (exact) mass is 415 g/mol. The number of carbonyl (C=O) groups is 3. The molecular weight excluding hydrogens is 403 g/mol. The van der Waals surface area contributed by atoms with Crippen molar-refractivity contribution in [3.63, 3.8) is 0 Å². The van der Waals surface area contributed by atoms with Gasteiger partial charge in [-0.1, -0.05) is 6.07 Å². The van der Waals surface area contributed by atoms with E-state index in [9.17, 15) is 27.6 Å². The van der Waals surface area contributed by atoms with Crippen molar-refractivity contribution in [2.45, 2.75) is 11.1 Å². The van der Waals surface area contributed by atoms with Gasteiger partial charge < -0.3 is 4.90 Å². The third-order valence-electron chi connectivity index (χ3n) is 3.59. The van der Waals surface area contributed by atoms with Crippen LogP contribution in [0.15, 0.2) is 40.6 Å². The first-order chi connectivity index (χ1) is 12.8. The lowest BCUT2D eigenvalue weighted by molar-refractivity contribution is -0.137. The zero-order valence-corrected chi connectivity index (χ0v) is 15.1. The van der Waals surface area contributed by atoms with Crippen LogP contribution < -0.4 is 15.8 Å². The fraction of sp³-hybridized carbons (Fsp3) is 0.188. The van der Waals surface area contributed by atoms with Crippen molar-refractivity contribution in [1.29, 1.82) is 0 Å². The Labute approximate surface area is 159 Å². The van der Waals surface area contributed by atoms with Crippen molar-refractivity contribution >= 4 is 46.5 Å². The lowest BCUT2D eigenvalue weighted by Gasteiger charge is -2.29. The Bertz CT molecular complexity index is 885. The van der Waals surface area contributed by atoms with Gasteiger partial charge in [-0.05, 0) is 29.6 Å². The van der Waals surface area contributed by atoms with Crippen molar-refractivity contribution in [3.05, 3.63) is 46.2 Å². The Morgan fingerprint density at radius 3 is 2.63 bits per heavy atom. The van der Waals surface area contributed by atoms with E-state index in [-0.39, 0.29) is 11.4 Å². The van der Waals surface area contributed by atoms with Crippen LogP contribution in [-0.4, -0.2) is 30.0 Å². The third kappa shape index (κ3) is 4.42. The molecule has 2 aromatic rings. The van der Waals surface area contributed by atoms with Gasteiger partial charge in [0.15, 0.2) is 0 Å². The zero-order chi connectivity index (χ0) is 19.6. The van der Waals surface area contributed by atoms with E-state index in [1.54, 1.807) is 17.5 Å². The van der Waals surface area contributed by atoms with Crippen LogP contribution in [-0.2, 0) is 15.8 Å². The Balaban J connectivity index is 1.72. The SMILES string of the molecule is O=C(CN1C(=O)CSc2ccc(C(F)(F)F)cc21)NNC(=O)c1cccs1. The molecule has 6 nitrogen and oxygen atoms in total. The summed E-state index contributed by atoms with van der Waals surface area (Å²) >= 11 is 2.28. The van der Waals surface area contributed by atoms with E-state index in [1.165, 1.54) is 17.4 Å². The molecule has 0 saturated carbocycles. The number of thioether (sulfide) groups is 1. The van der Waals surface area contributed by atoms with Gasteiger partial charge in [-0.15, -0.1) is 23.1 Å². The molecule has 0 bridgehead atoms. The first-order valence-corrected chi connectivity index (χ1v) is 9.39. The number of hydrazine groups is 1. The molecule has 0 unspecified atom stereocenters. The maximum absolute atomic E-state index is 13.0. The number of nitrogens with one attached hydrogen (secondary N) is 2. The number of nitrogens with zero attached hydrogens (tertiary/aromatic N) is 1. The standard InChI is InChI=1S/C16H12F3N3O3S2/c17-16(18,19)9-3-4-11-10(6-9)22(14(24)8-27-11)7-13(23)20-21-15(25)12-2-1-5-26-12/h1-6H,7-8H2,(H,20,23)(H,21,25). The van der Waals surface area contributed by atoms with Gasteiger partial charge in [0.25, 0.3) is 11.8 Å². The van der Waals surface area contributed by atoms with Gasteiger partial charge in [-0.25, -0.2) is 0 Å². The van der Waals surface area contributed by atoms with Crippen LogP contribution in [0.3, 0.4) is 0 Å². The highest BCUT2D eigenvalue weighted by Crippen LogP contribution is 2.39. The first kappa shape index (κ1) is 19.2. The van der Waals surface area contributed by atoms with Gasteiger partial charge in [-0.2, -0.15) is 13.2 Å². The number of alkyl halides is 3. The molecule has 0 atom stereocenters. The normalized spacial score (nSPS) is 13.9. The number of carbonyl (C=O) groups excluding carboxylic acids is 3. The second-order valence-corrected chi connectivity index (χ2v) is 7.39. The molecule has 1 aliphatic heterocycles. The molecule has 2 N–H and O–H groups in total. The Hall–Kier alpha value is -2.53. The smallest absolute Gasteiger partial charge is 0.301 e. The molecule has 3 amide bonds. The summed E-state index contributed by atoms with van der Waals surface area (Å²) < 4.78 is 38.9. The molecular formula is C16H12F3N3O3S2. The summed E-state index contributed by atoms with van der Waals surface area (Å²) in [6.07, 6.45) is -4.57.